The fourth-order valence-electron chi connectivity index (χ4n) is 2.71. The van der Waals surface area contributed by atoms with E-state index in [0.29, 0.717) is 6.42 Å². The van der Waals surface area contributed by atoms with Gasteiger partial charge in [-0.15, -0.1) is 0 Å². The van der Waals surface area contributed by atoms with E-state index in [1.165, 1.54) is 19.3 Å². The monoisotopic (exact) mass is 339 g/mol. The van der Waals surface area contributed by atoms with Gasteiger partial charge in [0.25, 0.3) is 11.8 Å². The van der Waals surface area contributed by atoms with Gasteiger partial charge in [0, 0.05) is 12.2 Å². The van der Waals surface area contributed by atoms with Crippen LogP contribution in [0.3, 0.4) is 0 Å². The first kappa shape index (κ1) is 19.9. The fourth-order valence-corrected chi connectivity index (χ4v) is 2.71. The van der Waals surface area contributed by atoms with Crippen LogP contribution in [0.25, 0.3) is 0 Å². The third-order valence-corrected chi connectivity index (χ3v) is 4.29. The summed E-state index contributed by atoms with van der Waals surface area (Å²) in [4.78, 5) is 48.1. The molecule has 1 heterocycles. The molecule has 0 bridgehead atoms. The maximum atomic E-state index is 12.3. The van der Waals surface area contributed by atoms with E-state index in [2.05, 4.69) is 0 Å². The Bertz CT molecular complexity index is 547. The zero-order valence-corrected chi connectivity index (χ0v) is 14.9. The van der Waals surface area contributed by atoms with E-state index in [1.54, 1.807) is 20.8 Å². The summed E-state index contributed by atoms with van der Waals surface area (Å²) >= 11 is 0. The first-order chi connectivity index (χ1) is 11.1. The molecule has 0 saturated heterocycles. The van der Waals surface area contributed by atoms with Crippen molar-refractivity contribution >= 4 is 23.8 Å². The summed E-state index contributed by atoms with van der Waals surface area (Å²) in [6, 6.07) is 0. The number of esters is 2. The molecule has 0 aromatic heterocycles. The molecule has 0 N–H and O–H groups in total. The zero-order valence-electron chi connectivity index (χ0n) is 14.9. The number of amides is 2. The summed E-state index contributed by atoms with van der Waals surface area (Å²) in [7, 11) is 1.32. The lowest BCUT2D eigenvalue weighted by atomic mass is 9.72. The van der Waals surface area contributed by atoms with Crippen molar-refractivity contribution in [1.82, 2.24) is 4.90 Å². The molecule has 1 rings (SSSR count). The SMILES string of the molecule is CCC(C)(CC(C)(C)C(=O)OCCN1C(=O)C=CC1=O)C(=O)OC. The van der Waals surface area contributed by atoms with Gasteiger partial charge < -0.3 is 9.47 Å². The minimum absolute atomic E-state index is 0.00847. The lowest BCUT2D eigenvalue weighted by Gasteiger charge is -2.33. The van der Waals surface area contributed by atoms with Crippen molar-refractivity contribution in [3.8, 4) is 0 Å². The number of methoxy groups -OCH3 is 1. The second kappa shape index (κ2) is 7.59. The highest BCUT2D eigenvalue weighted by Gasteiger charge is 2.42. The number of hydrogen-bond acceptors (Lipinski definition) is 6. The minimum atomic E-state index is -0.907. The van der Waals surface area contributed by atoms with E-state index >= 15 is 0 Å². The molecule has 2 amide bonds. The highest BCUT2D eigenvalue weighted by Crippen LogP contribution is 2.38. The number of rotatable bonds is 8. The van der Waals surface area contributed by atoms with Crippen LogP contribution < -0.4 is 0 Å². The van der Waals surface area contributed by atoms with Crippen molar-refractivity contribution in [2.24, 2.45) is 10.8 Å². The summed E-state index contributed by atoms with van der Waals surface area (Å²) in [6.45, 7) is 6.92. The van der Waals surface area contributed by atoms with E-state index < -0.39 is 28.6 Å². The molecule has 7 heteroatoms. The zero-order chi connectivity index (χ0) is 18.5. The van der Waals surface area contributed by atoms with Crippen molar-refractivity contribution in [1.29, 1.82) is 0 Å². The van der Waals surface area contributed by atoms with Gasteiger partial charge in [-0.1, -0.05) is 6.92 Å². The van der Waals surface area contributed by atoms with Crippen LogP contribution in [0.5, 0.6) is 0 Å². The standard InChI is InChI=1S/C17H25NO6/c1-6-17(4,15(22)23-5)11-16(2,3)14(21)24-10-9-18-12(19)7-8-13(18)20/h7-8H,6,9-11H2,1-5H3. The fraction of sp³-hybridized carbons (Fsp3) is 0.647. The smallest absolute Gasteiger partial charge is 0.311 e. The van der Waals surface area contributed by atoms with Crippen LogP contribution in [0, 0.1) is 10.8 Å². The van der Waals surface area contributed by atoms with Gasteiger partial charge in [0.1, 0.15) is 6.61 Å². The molecule has 0 fully saturated rings. The van der Waals surface area contributed by atoms with Gasteiger partial charge in [-0.3, -0.25) is 24.1 Å². The molecule has 134 valence electrons. The molecule has 1 atom stereocenters. The van der Waals surface area contributed by atoms with Gasteiger partial charge >= 0.3 is 11.9 Å². The molecule has 1 aliphatic heterocycles. The van der Waals surface area contributed by atoms with Crippen LogP contribution in [0.2, 0.25) is 0 Å². The Morgan fingerprint density at radius 3 is 2.08 bits per heavy atom. The van der Waals surface area contributed by atoms with Crippen LogP contribution in [0.4, 0.5) is 0 Å². The molecule has 24 heavy (non-hydrogen) atoms. The van der Waals surface area contributed by atoms with E-state index in [-0.39, 0.29) is 25.5 Å². The lowest BCUT2D eigenvalue weighted by molar-refractivity contribution is -0.162. The molecule has 0 aromatic carbocycles. The summed E-state index contributed by atoms with van der Waals surface area (Å²) in [5.41, 5.74) is -1.70. The third kappa shape index (κ3) is 4.43. The molecule has 0 spiro atoms. The van der Waals surface area contributed by atoms with Crippen molar-refractivity contribution in [3.05, 3.63) is 12.2 Å². The number of ether oxygens (including phenoxy) is 2. The Kier molecular flexibility index (Phi) is 6.29. The second-order valence-corrected chi connectivity index (χ2v) is 6.76. The molecule has 0 saturated carbocycles. The summed E-state index contributed by atoms with van der Waals surface area (Å²) < 4.78 is 10.0. The molecule has 0 aliphatic carbocycles. The molecular formula is C17H25NO6. The van der Waals surface area contributed by atoms with Crippen LogP contribution in [-0.4, -0.2) is 48.9 Å². The maximum Gasteiger partial charge on any atom is 0.311 e. The molecule has 0 radical (unpaired) electrons. The third-order valence-electron chi connectivity index (χ3n) is 4.29. The van der Waals surface area contributed by atoms with E-state index in [0.717, 1.165) is 4.90 Å². The predicted molar refractivity (Wildman–Crippen MR) is 85.6 cm³/mol. The van der Waals surface area contributed by atoms with Crippen LogP contribution in [0.15, 0.2) is 12.2 Å². The van der Waals surface area contributed by atoms with Gasteiger partial charge in [-0.25, -0.2) is 0 Å². The molecule has 1 unspecified atom stereocenters. The number of carbonyl (C=O) groups is 4. The van der Waals surface area contributed by atoms with Crippen molar-refractivity contribution in [2.75, 3.05) is 20.3 Å². The van der Waals surface area contributed by atoms with E-state index in [1.807, 2.05) is 6.92 Å². The van der Waals surface area contributed by atoms with Crippen molar-refractivity contribution < 1.29 is 28.7 Å². The van der Waals surface area contributed by atoms with Crippen LogP contribution in [0.1, 0.15) is 40.5 Å². The first-order valence-electron chi connectivity index (χ1n) is 7.86. The van der Waals surface area contributed by atoms with Gasteiger partial charge in [0.2, 0.25) is 0 Å². The second-order valence-electron chi connectivity index (χ2n) is 6.76. The summed E-state index contributed by atoms with van der Waals surface area (Å²) in [5.74, 6) is -1.69. The number of hydrogen-bond donors (Lipinski definition) is 0. The van der Waals surface area contributed by atoms with Crippen LogP contribution in [-0.2, 0) is 28.7 Å². The normalized spacial score (nSPS) is 17.0. The van der Waals surface area contributed by atoms with Crippen molar-refractivity contribution in [2.45, 2.75) is 40.5 Å². The van der Waals surface area contributed by atoms with Gasteiger partial charge in [0.05, 0.1) is 24.5 Å². The van der Waals surface area contributed by atoms with Crippen LogP contribution >= 0.6 is 0 Å². The minimum Gasteiger partial charge on any atom is -0.469 e. The Hall–Kier alpha value is -2.18. The topological polar surface area (TPSA) is 90.0 Å². The van der Waals surface area contributed by atoms with E-state index in [4.69, 9.17) is 9.47 Å². The number of carbonyl (C=O) groups excluding carboxylic acids is 4. The highest BCUT2D eigenvalue weighted by molar-refractivity contribution is 6.12. The van der Waals surface area contributed by atoms with Gasteiger partial charge in [-0.05, 0) is 33.6 Å². The summed E-state index contributed by atoms with van der Waals surface area (Å²) in [5, 5.41) is 0. The van der Waals surface area contributed by atoms with Gasteiger partial charge in [-0.2, -0.15) is 0 Å². The van der Waals surface area contributed by atoms with Gasteiger partial charge in [0.15, 0.2) is 0 Å². The number of nitrogens with zero attached hydrogens (tertiary/aromatic N) is 1. The number of imide groups is 1. The average molecular weight is 339 g/mol. The Morgan fingerprint density at radius 1 is 1.08 bits per heavy atom. The summed E-state index contributed by atoms with van der Waals surface area (Å²) in [6.07, 6.45) is 3.15. The Balaban J connectivity index is 2.60. The maximum absolute atomic E-state index is 12.3. The Labute approximate surface area is 142 Å². The Morgan fingerprint density at radius 2 is 1.62 bits per heavy atom. The predicted octanol–water partition coefficient (Wildman–Crippen LogP) is 1.46. The largest absolute Gasteiger partial charge is 0.469 e. The average Bonchev–Trinajstić information content (AvgIpc) is 2.85. The molecule has 7 nitrogen and oxygen atoms in total. The van der Waals surface area contributed by atoms with E-state index in [9.17, 15) is 19.2 Å². The molecule has 0 aromatic rings. The molecule has 1 aliphatic rings. The lowest BCUT2D eigenvalue weighted by Crippen LogP contribution is -2.39. The molecular weight excluding hydrogens is 314 g/mol. The quantitative estimate of drug-likeness (QED) is 0.491. The van der Waals surface area contributed by atoms with Crippen molar-refractivity contribution in [3.63, 3.8) is 0 Å². The first-order valence-corrected chi connectivity index (χ1v) is 7.86. The highest BCUT2D eigenvalue weighted by atomic mass is 16.5.